The van der Waals surface area contributed by atoms with Gasteiger partial charge in [-0.3, -0.25) is 0 Å². The van der Waals surface area contributed by atoms with E-state index in [4.69, 9.17) is 0 Å². The van der Waals surface area contributed by atoms with Crippen LogP contribution in [-0.4, -0.2) is 4.57 Å². The highest BCUT2D eigenvalue weighted by Gasteiger charge is 2.20. The molecule has 0 N–H and O–H groups in total. The molecular formula is C51H32N2. The van der Waals surface area contributed by atoms with E-state index in [9.17, 15) is 5.26 Å². The van der Waals surface area contributed by atoms with Gasteiger partial charge in [0.05, 0.1) is 22.7 Å². The van der Waals surface area contributed by atoms with E-state index in [1.165, 1.54) is 60.0 Å². The first kappa shape index (κ1) is 30.6. The topological polar surface area (TPSA) is 28.7 Å². The van der Waals surface area contributed by atoms with Crippen molar-refractivity contribution in [3.05, 3.63) is 200 Å². The maximum Gasteiger partial charge on any atom is 0.0991 e. The molecule has 1 heterocycles. The van der Waals surface area contributed by atoms with E-state index < -0.39 is 0 Å². The minimum absolute atomic E-state index is 0.635. The van der Waals surface area contributed by atoms with Crippen molar-refractivity contribution < 1.29 is 0 Å². The number of nitriles is 1. The number of nitrogens with zero attached hydrogens (tertiary/aromatic N) is 2. The fourth-order valence-corrected chi connectivity index (χ4v) is 8.35. The summed E-state index contributed by atoms with van der Waals surface area (Å²) in [6.07, 6.45) is 0. The smallest absolute Gasteiger partial charge is 0.0991 e. The van der Waals surface area contributed by atoms with Crippen molar-refractivity contribution in [2.45, 2.75) is 0 Å². The maximum atomic E-state index is 10.1. The summed E-state index contributed by atoms with van der Waals surface area (Å²) < 4.78 is 2.34. The van der Waals surface area contributed by atoms with E-state index in [0.29, 0.717) is 5.56 Å². The Morgan fingerprint density at radius 2 is 0.811 bits per heavy atom. The van der Waals surface area contributed by atoms with Gasteiger partial charge in [-0.15, -0.1) is 0 Å². The van der Waals surface area contributed by atoms with Gasteiger partial charge in [0.1, 0.15) is 0 Å². The van der Waals surface area contributed by atoms with E-state index in [0.717, 1.165) is 33.5 Å². The Balaban J connectivity index is 1.18. The summed E-state index contributed by atoms with van der Waals surface area (Å²) in [6, 6.07) is 71.5. The molecule has 0 aliphatic carbocycles. The Labute approximate surface area is 308 Å². The van der Waals surface area contributed by atoms with Gasteiger partial charge in [0, 0.05) is 16.5 Å². The van der Waals surface area contributed by atoms with Crippen molar-refractivity contribution in [3.63, 3.8) is 0 Å². The standard InChI is InChI=1S/C51H32N2/c52-33-34-26-31-39(47(32-34)35-27-29-37(30-28-35)53-48-24-12-10-17-40(48)41-18-11-13-25-49(41)53)38-16-4-5-19-42(38)51-45-22-8-6-20-43(45)50(36-14-2-1-3-15-36)44-21-7-9-23-46(44)51/h1-32H. The van der Waals surface area contributed by atoms with Crippen molar-refractivity contribution in [2.75, 3.05) is 0 Å². The second-order valence-electron chi connectivity index (χ2n) is 13.5. The van der Waals surface area contributed by atoms with Gasteiger partial charge < -0.3 is 4.57 Å². The zero-order chi connectivity index (χ0) is 35.3. The maximum absolute atomic E-state index is 10.1. The number of fused-ring (bicyclic) bond motifs is 5. The Morgan fingerprint density at radius 1 is 0.340 bits per heavy atom. The van der Waals surface area contributed by atoms with Crippen LogP contribution < -0.4 is 0 Å². The van der Waals surface area contributed by atoms with Gasteiger partial charge in [-0.05, 0) is 102 Å². The first-order chi connectivity index (χ1) is 26.3. The number of rotatable bonds is 5. The third-order valence-electron chi connectivity index (χ3n) is 10.6. The molecule has 10 rings (SSSR count). The van der Waals surface area contributed by atoms with Crippen molar-refractivity contribution in [1.29, 1.82) is 5.26 Å². The number of aromatic nitrogens is 1. The monoisotopic (exact) mass is 672 g/mol. The third-order valence-corrected chi connectivity index (χ3v) is 10.6. The first-order valence-corrected chi connectivity index (χ1v) is 18.0. The molecule has 0 unspecified atom stereocenters. The summed E-state index contributed by atoms with van der Waals surface area (Å²) in [5.41, 5.74) is 13.2. The second-order valence-corrected chi connectivity index (χ2v) is 13.5. The lowest BCUT2D eigenvalue weighted by Crippen LogP contribution is -1.95. The molecule has 0 aliphatic rings. The van der Waals surface area contributed by atoms with Crippen molar-refractivity contribution >= 4 is 43.4 Å². The van der Waals surface area contributed by atoms with Crippen LogP contribution in [0.5, 0.6) is 0 Å². The Hall–Kier alpha value is -7.21. The predicted molar refractivity (Wildman–Crippen MR) is 222 cm³/mol. The summed E-state index contributed by atoms with van der Waals surface area (Å²) >= 11 is 0. The van der Waals surface area contributed by atoms with Crippen LogP contribution in [0.1, 0.15) is 5.56 Å². The molecule has 10 aromatic rings. The number of benzene rings is 9. The molecule has 0 bridgehead atoms. The third kappa shape index (κ3) is 4.94. The molecule has 246 valence electrons. The van der Waals surface area contributed by atoms with E-state index in [-0.39, 0.29) is 0 Å². The van der Waals surface area contributed by atoms with Gasteiger partial charge in [0.15, 0.2) is 0 Å². The Kier molecular flexibility index (Phi) is 7.23. The molecule has 0 aliphatic heterocycles. The highest BCUT2D eigenvalue weighted by Crippen LogP contribution is 2.47. The average Bonchev–Trinajstić information content (AvgIpc) is 3.57. The summed E-state index contributed by atoms with van der Waals surface area (Å²) in [5, 5.41) is 17.4. The molecule has 0 fully saturated rings. The van der Waals surface area contributed by atoms with Gasteiger partial charge in [-0.2, -0.15) is 5.26 Å². The highest BCUT2D eigenvalue weighted by molar-refractivity contribution is 6.22. The molecule has 9 aromatic carbocycles. The predicted octanol–water partition coefficient (Wildman–Crippen LogP) is 13.6. The van der Waals surface area contributed by atoms with Crippen LogP contribution in [-0.2, 0) is 0 Å². The minimum Gasteiger partial charge on any atom is -0.309 e. The zero-order valence-corrected chi connectivity index (χ0v) is 28.9. The minimum atomic E-state index is 0.635. The molecule has 0 saturated heterocycles. The van der Waals surface area contributed by atoms with Gasteiger partial charge in [-0.25, -0.2) is 0 Å². The van der Waals surface area contributed by atoms with E-state index in [2.05, 4.69) is 193 Å². The van der Waals surface area contributed by atoms with Crippen LogP contribution in [0.25, 0.3) is 93.5 Å². The molecular weight excluding hydrogens is 641 g/mol. The van der Waals surface area contributed by atoms with Crippen molar-refractivity contribution in [1.82, 2.24) is 4.57 Å². The Bertz CT molecular complexity index is 2940. The normalized spacial score (nSPS) is 11.4. The molecule has 1 aromatic heterocycles. The molecule has 2 nitrogen and oxygen atoms in total. The van der Waals surface area contributed by atoms with E-state index in [1.807, 2.05) is 12.1 Å². The second kappa shape index (κ2) is 12.5. The fourth-order valence-electron chi connectivity index (χ4n) is 8.35. The molecule has 0 amide bonds. The van der Waals surface area contributed by atoms with Crippen LogP contribution in [0.15, 0.2) is 194 Å². The van der Waals surface area contributed by atoms with Gasteiger partial charge in [-0.1, -0.05) is 158 Å². The Morgan fingerprint density at radius 3 is 1.40 bits per heavy atom. The van der Waals surface area contributed by atoms with E-state index in [1.54, 1.807) is 0 Å². The summed E-state index contributed by atoms with van der Waals surface area (Å²) in [4.78, 5) is 0. The summed E-state index contributed by atoms with van der Waals surface area (Å²) in [7, 11) is 0. The molecule has 2 heteroatoms. The largest absolute Gasteiger partial charge is 0.309 e. The lowest BCUT2D eigenvalue weighted by Gasteiger charge is -2.21. The van der Waals surface area contributed by atoms with Crippen LogP contribution in [0, 0.1) is 11.3 Å². The van der Waals surface area contributed by atoms with Gasteiger partial charge in [0.25, 0.3) is 0 Å². The quantitative estimate of drug-likeness (QED) is 0.167. The molecule has 0 spiro atoms. The van der Waals surface area contributed by atoms with Gasteiger partial charge >= 0.3 is 0 Å². The van der Waals surface area contributed by atoms with Crippen molar-refractivity contribution in [2.24, 2.45) is 0 Å². The van der Waals surface area contributed by atoms with Crippen LogP contribution in [0.3, 0.4) is 0 Å². The SMILES string of the molecule is N#Cc1ccc(-c2ccccc2-c2c3ccccc3c(-c3ccccc3)c3ccccc23)c(-c2ccc(-n3c4ccccc4c4ccccc43)cc2)c1. The molecule has 53 heavy (non-hydrogen) atoms. The van der Waals surface area contributed by atoms with Crippen LogP contribution in [0.4, 0.5) is 0 Å². The molecule has 0 saturated carbocycles. The molecule has 0 atom stereocenters. The first-order valence-electron chi connectivity index (χ1n) is 18.0. The molecule has 0 radical (unpaired) electrons. The highest BCUT2D eigenvalue weighted by atomic mass is 15.0. The van der Waals surface area contributed by atoms with Crippen LogP contribution >= 0.6 is 0 Å². The van der Waals surface area contributed by atoms with Crippen LogP contribution in [0.2, 0.25) is 0 Å². The zero-order valence-electron chi connectivity index (χ0n) is 28.9. The average molecular weight is 673 g/mol. The number of hydrogen-bond acceptors (Lipinski definition) is 1. The van der Waals surface area contributed by atoms with E-state index >= 15 is 0 Å². The summed E-state index contributed by atoms with van der Waals surface area (Å²) in [6.45, 7) is 0. The van der Waals surface area contributed by atoms with Gasteiger partial charge in [0.2, 0.25) is 0 Å². The number of para-hydroxylation sites is 2. The lowest BCUT2D eigenvalue weighted by molar-refractivity contribution is 1.18. The van der Waals surface area contributed by atoms with Crippen molar-refractivity contribution in [3.8, 4) is 56.3 Å². The fraction of sp³-hybridized carbons (Fsp3) is 0. The lowest BCUT2D eigenvalue weighted by atomic mass is 9.82. The summed E-state index contributed by atoms with van der Waals surface area (Å²) in [5.74, 6) is 0. The number of hydrogen-bond donors (Lipinski definition) is 0.